The van der Waals surface area contributed by atoms with Crippen molar-refractivity contribution in [2.45, 2.75) is 195 Å². The summed E-state index contributed by atoms with van der Waals surface area (Å²) in [5.41, 5.74) is 0. The van der Waals surface area contributed by atoms with Crippen LogP contribution in [0.2, 0.25) is 0 Å². The van der Waals surface area contributed by atoms with E-state index < -0.39 is 0 Å². The molecule has 0 heteroatoms. The first kappa shape index (κ1) is 33.2. The molecule has 1 unspecified atom stereocenters. The highest BCUT2D eigenvalue weighted by atomic mass is 14.0. The lowest BCUT2D eigenvalue weighted by Crippen LogP contribution is -1.91. The molecule has 0 spiro atoms. The second-order valence-corrected chi connectivity index (χ2v) is 10.4. The summed E-state index contributed by atoms with van der Waals surface area (Å²) >= 11 is 0. The van der Waals surface area contributed by atoms with Gasteiger partial charge in [-0.25, -0.2) is 0 Å². The van der Waals surface area contributed by atoms with Gasteiger partial charge in [-0.15, -0.1) is 0 Å². The zero-order chi connectivity index (χ0) is 22.0. The zero-order valence-electron chi connectivity index (χ0n) is 22.0. The predicted octanol–water partition coefficient (Wildman–Crippen LogP) is 12.4. The first-order valence-electron chi connectivity index (χ1n) is 14.8. The van der Waals surface area contributed by atoms with Crippen molar-refractivity contribution < 1.29 is 0 Å². The Morgan fingerprint density at radius 2 is 0.581 bits per heavy atom. The average Bonchev–Trinajstić information content (AvgIpc) is 2.76. The molecule has 0 rings (SSSR count). The molecule has 1 atom stereocenters. The summed E-state index contributed by atoms with van der Waals surface area (Å²) in [6.07, 6.45) is 38.4. The molecule has 0 aliphatic heterocycles. The van der Waals surface area contributed by atoms with Crippen molar-refractivity contribution in [3.05, 3.63) is 0 Å². The molecule has 0 aliphatic carbocycles. The van der Waals surface area contributed by atoms with Gasteiger partial charge in [0.05, 0.1) is 0 Å². The maximum atomic E-state index is 2.40. The average molecular weight is 439 g/mol. The Labute approximate surface area is 201 Å². The zero-order valence-corrected chi connectivity index (χ0v) is 22.0. The molecule has 0 saturated heterocycles. The summed E-state index contributed by atoms with van der Waals surface area (Å²) in [6, 6.07) is 0. The fourth-order valence-electron chi connectivity index (χ4n) is 4.66. The summed E-state index contributed by atoms with van der Waals surface area (Å²) in [7, 11) is 0. The van der Waals surface area contributed by atoms with Gasteiger partial charge in [0.15, 0.2) is 0 Å². The predicted molar refractivity (Wildman–Crippen MR) is 147 cm³/mol. The minimum atomic E-state index is 0. The van der Waals surface area contributed by atoms with E-state index in [1.54, 1.807) is 0 Å². The summed E-state index contributed by atoms with van der Waals surface area (Å²) in [4.78, 5) is 0. The van der Waals surface area contributed by atoms with E-state index in [-0.39, 0.29) is 7.43 Å². The number of rotatable bonds is 26. The van der Waals surface area contributed by atoms with Crippen molar-refractivity contribution in [3.63, 3.8) is 0 Å². The SMILES string of the molecule is C.CCCCCCCCCCCCCCCCCCCCCCCCCCC(C)CC. The summed E-state index contributed by atoms with van der Waals surface area (Å²) < 4.78 is 0. The van der Waals surface area contributed by atoms with E-state index in [1.165, 1.54) is 167 Å². The van der Waals surface area contributed by atoms with Crippen molar-refractivity contribution in [3.8, 4) is 0 Å². The highest BCUT2D eigenvalue weighted by Crippen LogP contribution is 2.17. The van der Waals surface area contributed by atoms with E-state index in [0.717, 1.165) is 5.92 Å². The third-order valence-corrected chi connectivity index (χ3v) is 7.25. The molecule has 0 nitrogen and oxygen atoms in total. The van der Waals surface area contributed by atoms with Gasteiger partial charge >= 0.3 is 0 Å². The molecular formula is C31H66. The second kappa shape index (κ2) is 30.0. The van der Waals surface area contributed by atoms with Crippen molar-refractivity contribution in [1.82, 2.24) is 0 Å². The summed E-state index contributed by atoms with van der Waals surface area (Å²) in [6.45, 7) is 7.03. The molecule has 190 valence electrons. The van der Waals surface area contributed by atoms with Gasteiger partial charge in [0.1, 0.15) is 0 Å². The number of unbranched alkanes of at least 4 members (excludes halogenated alkanes) is 23. The highest BCUT2D eigenvalue weighted by molar-refractivity contribution is 4.53. The molecule has 0 aliphatic rings. The quantitative estimate of drug-likeness (QED) is 0.118. The molecule has 0 amide bonds. The Bertz CT molecular complexity index is 282. The van der Waals surface area contributed by atoms with E-state index >= 15 is 0 Å². The summed E-state index contributed by atoms with van der Waals surface area (Å²) in [5.74, 6) is 0.949. The number of hydrogen-bond donors (Lipinski definition) is 0. The fraction of sp³-hybridized carbons (Fsp3) is 1.00. The van der Waals surface area contributed by atoms with E-state index in [1.807, 2.05) is 0 Å². The molecule has 0 heterocycles. The van der Waals surface area contributed by atoms with Gasteiger partial charge in [0.2, 0.25) is 0 Å². The Kier molecular flexibility index (Phi) is 32.1. The van der Waals surface area contributed by atoms with Crippen LogP contribution in [0.3, 0.4) is 0 Å². The lowest BCUT2D eigenvalue weighted by atomic mass is 9.99. The van der Waals surface area contributed by atoms with Gasteiger partial charge in [-0.05, 0) is 5.92 Å². The fourth-order valence-corrected chi connectivity index (χ4v) is 4.66. The minimum Gasteiger partial charge on any atom is -0.0776 e. The maximum Gasteiger partial charge on any atom is -0.0445 e. The molecule has 0 aromatic carbocycles. The Hall–Kier alpha value is 0. The normalized spacial score (nSPS) is 12.1. The van der Waals surface area contributed by atoms with Gasteiger partial charge in [-0.1, -0.05) is 195 Å². The molecule has 0 aromatic rings. The van der Waals surface area contributed by atoms with E-state index in [9.17, 15) is 0 Å². The van der Waals surface area contributed by atoms with Crippen LogP contribution < -0.4 is 0 Å². The van der Waals surface area contributed by atoms with Crippen LogP contribution in [0.15, 0.2) is 0 Å². The van der Waals surface area contributed by atoms with E-state index in [0.29, 0.717) is 0 Å². The van der Waals surface area contributed by atoms with Crippen molar-refractivity contribution in [2.24, 2.45) is 5.92 Å². The monoisotopic (exact) mass is 439 g/mol. The largest absolute Gasteiger partial charge is 0.0776 e. The van der Waals surface area contributed by atoms with Crippen LogP contribution in [0.5, 0.6) is 0 Å². The third kappa shape index (κ3) is 30.0. The Balaban J connectivity index is 0. The smallest absolute Gasteiger partial charge is 0.0445 e. The van der Waals surface area contributed by atoms with Gasteiger partial charge in [0, 0.05) is 0 Å². The molecule has 31 heavy (non-hydrogen) atoms. The van der Waals surface area contributed by atoms with Crippen LogP contribution >= 0.6 is 0 Å². The third-order valence-electron chi connectivity index (χ3n) is 7.25. The van der Waals surface area contributed by atoms with Gasteiger partial charge in [0.25, 0.3) is 0 Å². The van der Waals surface area contributed by atoms with Crippen LogP contribution in [0, 0.1) is 5.92 Å². The lowest BCUT2D eigenvalue weighted by Gasteiger charge is -2.07. The standard InChI is InChI=1S/C30H62.CH4/c1-4-6-7-8-9-10-11-12-13-14-15-16-17-18-19-20-21-22-23-24-25-26-27-28-29-30(3)5-2;/h30H,4-29H2,1-3H3;1H4. The Morgan fingerprint density at radius 1 is 0.355 bits per heavy atom. The molecular weight excluding hydrogens is 372 g/mol. The van der Waals surface area contributed by atoms with Crippen molar-refractivity contribution >= 4 is 0 Å². The van der Waals surface area contributed by atoms with Crippen LogP contribution in [0.1, 0.15) is 195 Å². The second-order valence-electron chi connectivity index (χ2n) is 10.4. The minimum absolute atomic E-state index is 0. The molecule has 0 fully saturated rings. The van der Waals surface area contributed by atoms with Crippen LogP contribution in [-0.4, -0.2) is 0 Å². The summed E-state index contributed by atoms with van der Waals surface area (Å²) in [5, 5.41) is 0. The maximum absolute atomic E-state index is 2.40. The van der Waals surface area contributed by atoms with Gasteiger partial charge < -0.3 is 0 Å². The van der Waals surface area contributed by atoms with E-state index in [2.05, 4.69) is 20.8 Å². The van der Waals surface area contributed by atoms with Crippen LogP contribution in [-0.2, 0) is 0 Å². The Morgan fingerprint density at radius 3 is 0.806 bits per heavy atom. The first-order chi connectivity index (χ1) is 14.8. The van der Waals surface area contributed by atoms with Gasteiger partial charge in [-0.3, -0.25) is 0 Å². The highest BCUT2D eigenvalue weighted by Gasteiger charge is 1.98. The lowest BCUT2D eigenvalue weighted by molar-refractivity contribution is 0.468. The topological polar surface area (TPSA) is 0 Å². The van der Waals surface area contributed by atoms with Crippen LogP contribution in [0.25, 0.3) is 0 Å². The van der Waals surface area contributed by atoms with Gasteiger partial charge in [-0.2, -0.15) is 0 Å². The molecule has 0 N–H and O–H groups in total. The molecule has 0 saturated carbocycles. The molecule has 0 bridgehead atoms. The number of hydrogen-bond acceptors (Lipinski definition) is 0. The first-order valence-corrected chi connectivity index (χ1v) is 14.8. The van der Waals surface area contributed by atoms with Crippen LogP contribution in [0.4, 0.5) is 0 Å². The molecule has 0 aromatic heterocycles. The van der Waals surface area contributed by atoms with Crippen molar-refractivity contribution in [2.75, 3.05) is 0 Å². The van der Waals surface area contributed by atoms with Crippen molar-refractivity contribution in [1.29, 1.82) is 0 Å². The molecule has 0 radical (unpaired) electrons. The van der Waals surface area contributed by atoms with E-state index in [4.69, 9.17) is 0 Å².